The van der Waals surface area contributed by atoms with E-state index < -0.39 is 0 Å². The molecule has 0 saturated carbocycles. The van der Waals surface area contributed by atoms with Crippen molar-refractivity contribution in [3.63, 3.8) is 0 Å². The van der Waals surface area contributed by atoms with Gasteiger partial charge in [-0.25, -0.2) is 0 Å². The maximum Gasteiger partial charge on any atom is 0.206 e. The highest BCUT2D eigenvalue weighted by Gasteiger charge is 2.23. The quantitative estimate of drug-likeness (QED) is 0.478. The van der Waals surface area contributed by atoms with E-state index in [1.165, 1.54) is 0 Å². The number of aliphatic imine (C=N–C) groups is 1. The minimum atomic E-state index is 0.0970. The van der Waals surface area contributed by atoms with Gasteiger partial charge in [-0.3, -0.25) is 0 Å². The molecule has 88 valence electrons. The van der Waals surface area contributed by atoms with E-state index in [9.17, 15) is 0 Å². The van der Waals surface area contributed by atoms with Crippen LogP contribution in [-0.2, 0) is 0 Å². The minimum absolute atomic E-state index is 0.0970. The van der Waals surface area contributed by atoms with Gasteiger partial charge in [0, 0.05) is 5.57 Å². The number of nitrogens with zero attached hydrogens (tertiary/aromatic N) is 4. The highest BCUT2D eigenvalue weighted by molar-refractivity contribution is 6.15. The van der Waals surface area contributed by atoms with Crippen molar-refractivity contribution in [1.82, 2.24) is 0 Å². The van der Waals surface area contributed by atoms with Crippen molar-refractivity contribution in [2.75, 3.05) is 0 Å². The lowest BCUT2D eigenvalue weighted by Gasteiger charge is -2.22. The molecular weight excluding hydrogens is 224 g/mol. The van der Waals surface area contributed by atoms with Gasteiger partial charge in [-0.15, -0.1) is 0 Å². The molecule has 0 fully saturated rings. The molecule has 0 amide bonds. The lowest BCUT2D eigenvalue weighted by molar-refractivity contribution is 1.19. The topological polar surface area (TPSA) is 83.7 Å². The number of hydrogen-bond acceptors (Lipinski definition) is 4. The molecule has 1 aliphatic rings. The van der Waals surface area contributed by atoms with Crippen molar-refractivity contribution < 1.29 is 0 Å². The van der Waals surface area contributed by atoms with Gasteiger partial charge in [0.05, 0.1) is 5.71 Å². The Kier molecular flexibility index (Phi) is 3.82. The predicted molar refractivity (Wildman–Crippen MR) is 68.0 cm³/mol. The molecule has 1 aliphatic carbocycles. The van der Waals surface area contributed by atoms with Gasteiger partial charge >= 0.3 is 0 Å². The Morgan fingerprint density at radius 1 is 0.833 bits per heavy atom. The fraction of sp³-hybridized carbons (Fsp3) is 0.286. The number of nitriles is 3. The van der Waals surface area contributed by atoms with Crippen LogP contribution in [0.3, 0.4) is 0 Å². The Morgan fingerprint density at radius 2 is 1.28 bits per heavy atom. The van der Waals surface area contributed by atoms with Crippen LogP contribution >= 0.6 is 0 Å². The standard InChI is InChI=1S/C14H12N4/c1-8-10(3)14(18-7-17)11(4)9(2)13(8)12(5-15)6-16/h1-4H3. The van der Waals surface area contributed by atoms with Crippen molar-refractivity contribution in [2.45, 2.75) is 27.7 Å². The number of allylic oxidation sites excluding steroid dienone is 6. The summed E-state index contributed by atoms with van der Waals surface area (Å²) in [4.78, 5) is 3.81. The van der Waals surface area contributed by atoms with Gasteiger partial charge in [0.1, 0.15) is 17.7 Å². The summed E-state index contributed by atoms with van der Waals surface area (Å²) in [6.07, 6.45) is 1.78. The average molecular weight is 236 g/mol. The first kappa shape index (κ1) is 13.4. The van der Waals surface area contributed by atoms with Crippen LogP contribution < -0.4 is 0 Å². The van der Waals surface area contributed by atoms with Crippen molar-refractivity contribution in [3.8, 4) is 18.3 Å². The third-order valence-corrected chi connectivity index (χ3v) is 3.22. The van der Waals surface area contributed by atoms with Crippen LogP contribution in [0.2, 0.25) is 0 Å². The molecule has 4 nitrogen and oxygen atoms in total. The van der Waals surface area contributed by atoms with Crippen LogP contribution in [0.15, 0.2) is 38.4 Å². The molecule has 0 unspecified atom stereocenters. The van der Waals surface area contributed by atoms with Gasteiger partial charge in [0.25, 0.3) is 0 Å². The average Bonchev–Trinajstić information content (AvgIpc) is 2.37. The summed E-state index contributed by atoms with van der Waals surface area (Å²) in [6, 6.07) is 3.83. The summed E-state index contributed by atoms with van der Waals surface area (Å²) < 4.78 is 0. The van der Waals surface area contributed by atoms with E-state index in [1.54, 1.807) is 6.19 Å². The molecule has 0 heterocycles. The second-order valence-electron chi connectivity index (χ2n) is 4.03. The Morgan fingerprint density at radius 3 is 1.61 bits per heavy atom. The molecule has 0 aromatic heterocycles. The summed E-state index contributed by atoms with van der Waals surface area (Å²) in [5.74, 6) is 0. The molecule has 0 N–H and O–H groups in total. The van der Waals surface area contributed by atoms with Crippen LogP contribution in [0, 0.1) is 34.1 Å². The fourth-order valence-electron chi connectivity index (χ4n) is 2.02. The number of rotatable bonds is 0. The maximum absolute atomic E-state index is 9.00. The lowest BCUT2D eigenvalue weighted by atomic mass is 9.81. The van der Waals surface area contributed by atoms with Crippen LogP contribution in [0.1, 0.15) is 27.7 Å². The highest BCUT2D eigenvalue weighted by Crippen LogP contribution is 2.34. The van der Waals surface area contributed by atoms with E-state index in [0.717, 1.165) is 22.3 Å². The summed E-state index contributed by atoms with van der Waals surface area (Å²) in [5, 5.41) is 26.7. The van der Waals surface area contributed by atoms with E-state index in [1.807, 2.05) is 39.8 Å². The summed E-state index contributed by atoms with van der Waals surface area (Å²) in [6.45, 7) is 7.35. The second-order valence-corrected chi connectivity index (χ2v) is 4.03. The van der Waals surface area contributed by atoms with Crippen molar-refractivity contribution in [1.29, 1.82) is 15.8 Å². The smallest absolute Gasteiger partial charge is 0.192 e. The molecule has 0 atom stereocenters. The van der Waals surface area contributed by atoms with E-state index in [4.69, 9.17) is 15.8 Å². The molecule has 0 spiro atoms. The van der Waals surface area contributed by atoms with Crippen LogP contribution in [0.4, 0.5) is 0 Å². The van der Waals surface area contributed by atoms with E-state index in [0.29, 0.717) is 11.3 Å². The summed E-state index contributed by atoms with van der Waals surface area (Å²) >= 11 is 0. The van der Waals surface area contributed by atoms with Crippen LogP contribution in [0.5, 0.6) is 0 Å². The summed E-state index contributed by atoms with van der Waals surface area (Å²) in [5.41, 5.74) is 4.70. The third kappa shape index (κ3) is 1.95. The Labute approximate surface area is 106 Å². The van der Waals surface area contributed by atoms with Gasteiger partial charge in [-0.05, 0) is 50.0 Å². The molecule has 0 saturated heterocycles. The minimum Gasteiger partial charge on any atom is -0.192 e. The van der Waals surface area contributed by atoms with Gasteiger partial charge < -0.3 is 0 Å². The van der Waals surface area contributed by atoms with Crippen LogP contribution in [0.25, 0.3) is 0 Å². The first-order chi connectivity index (χ1) is 8.49. The SMILES string of the molecule is CC1=C(C)C(=C(C#N)C#N)C(C)=C(C)C1=NC#N. The Balaban J connectivity index is 3.73. The van der Waals surface area contributed by atoms with E-state index >= 15 is 0 Å². The third-order valence-electron chi connectivity index (χ3n) is 3.22. The largest absolute Gasteiger partial charge is 0.206 e. The molecular formula is C14H12N4. The Hall–Kier alpha value is -2.64. The van der Waals surface area contributed by atoms with E-state index in [-0.39, 0.29) is 5.57 Å². The lowest BCUT2D eigenvalue weighted by Crippen LogP contribution is -2.14. The molecule has 0 aromatic rings. The zero-order valence-corrected chi connectivity index (χ0v) is 10.8. The van der Waals surface area contributed by atoms with Crippen molar-refractivity contribution in [2.24, 2.45) is 4.99 Å². The van der Waals surface area contributed by atoms with Crippen molar-refractivity contribution in [3.05, 3.63) is 33.4 Å². The molecule has 0 aromatic carbocycles. The first-order valence-electron chi connectivity index (χ1n) is 5.37. The summed E-state index contributed by atoms with van der Waals surface area (Å²) in [7, 11) is 0. The van der Waals surface area contributed by atoms with Gasteiger partial charge in [0.15, 0.2) is 0 Å². The highest BCUT2D eigenvalue weighted by atomic mass is 14.7. The molecule has 4 heteroatoms. The molecule has 18 heavy (non-hydrogen) atoms. The zero-order valence-electron chi connectivity index (χ0n) is 10.8. The number of hydrogen-bond donors (Lipinski definition) is 0. The Bertz CT molecular complexity index is 603. The molecule has 0 aliphatic heterocycles. The molecule has 0 radical (unpaired) electrons. The molecule has 0 bridgehead atoms. The van der Waals surface area contributed by atoms with Gasteiger partial charge in [-0.1, -0.05) is 0 Å². The fourth-order valence-corrected chi connectivity index (χ4v) is 2.02. The normalized spacial score (nSPS) is 14.9. The maximum atomic E-state index is 9.00. The predicted octanol–water partition coefficient (Wildman–Crippen LogP) is 2.94. The van der Waals surface area contributed by atoms with Gasteiger partial charge in [0.2, 0.25) is 6.19 Å². The van der Waals surface area contributed by atoms with Crippen molar-refractivity contribution >= 4 is 5.71 Å². The monoisotopic (exact) mass is 236 g/mol. The first-order valence-corrected chi connectivity index (χ1v) is 5.37. The van der Waals surface area contributed by atoms with Crippen LogP contribution in [-0.4, -0.2) is 5.71 Å². The van der Waals surface area contributed by atoms with Gasteiger partial charge in [-0.2, -0.15) is 20.8 Å². The second kappa shape index (κ2) is 5.13. The van der Waals surface area contributed by atoms with E-state index in [2.05, 4.69) is 4.99 Å². The zero-order chi connectivity index (χ0) is 13.9. The molecule has 1 rings (SSSR count).